The molecular weight excluding hydrogens is 232 g/mol. The molecule has 0 aliphatic carbocycles. The number of carbonyl (C=O) groups excluding carboxylic acids is 1. The Kier molecular flexibility index (Phi) is 3.14. The van der Waals surface area contributed by atoms with Gasteiger partial charge in [-0.1, -0.05) is 20.8 Å². The molecule has 0 unspecified atom stereocenters. The van der Waals surface area contributed by atoms with Gasteiger partial charge in [-0.3, -0.25) is 9.89 Å². The van der Waals surface area contributed by atoms with E-state index >= 15 is 0 Å². The highest BCUT2D eigenvalue weighted by Gasteiger charge is 2.21. The van der Waals surface area contributed by atoms with E-state index in [1.807, 2.05) is 20.8 Å². The van der Waals surface area contributed by atoms with E-state index in [0.717, 1.165) is 5.69 Å². The van der Waals surface area contributed by atoms with E-state index in [4.69, 9.17) is 0 Å². The summed E-state index contributed by atoms with van der Waals surface area (Å²) in [4.78, 5) is 22.7. The van der Waals surface area contributed by atoms with Gasteiger partial charge in [0, 0.05) is 11.6 Å². The zero-order valence-electron chi connectivity index (χ0n) is 10.6. The summed E-state index contributed by atoms with van der Waals surface area (Å²) in [5.74, 6) is 0.532. The SMILES string of the molecule is CC(C)(C)c1nc(C(=O)NCc2cnc[nH]2)n[nH]1. The number of H-pyrrole nitrogens is 2. The van der Waals surface area contributed by atoms with Gasteiger partial charge in [-0.25, -0.2) is 9.97 Å². The van der Waals surface area contributed by atoms with Crippen molar-refractivity contribution in [2.45, 2.75) is 32.7 Å². The molecule has 0 saturated carbocycles. The molecule has 2 heterocycles. The normalized spacial score (nSPS) is 11.5. The third-order valence-electron chi connectivity index (χ3n) is 2.39. The van der Waals surface area contributed by atoms with Crippen LogP contribution in [0.4, 0.5) is 0 Å². The number of rotatable bonds is 3. The maximum absolute atomic E-state index is 11.8. The van der Waals surface area contributed by atoms with Gasteiger partial charge in [0.1, 0.15) is 5.82 Å². The molecule has 3 N–H and O–H groups in total. The van der Waals surface area contributed by atoms with Crippen LogP contribution in [0.5, 0.6) is 0 Å². The number of aromatic nitrogens is 5. The molecule has 2 rings (SSSR count). The van der Waals surface area contributed by atoms with Crippen molar-refractivity contribution in [3.05, 3.63) is 29.9 Å². The number of nitrogens with zero attached hydrogens (tertiary/aromatic N) is 3. The fourth-order valence-electron chi connectivity index (χ4n) is 1.33. The van der Waals surface area contributed by atoms with Crippen LogP contribution in [0.15, 0.2) is 12.5 Å². The average Bonchev–Trinajstić information content (AvgIpc) is 2.96. The summed E-state index contributed by atoms with van der Waals surface area (Å²) in [5.41, 5.74) is 0.671. The van der Waals surface area contributed by atoms with E-state index in [1.165, 1.54) is 0 Å². The van der Waals surface area contributed by atoms with Crippen molar-refractivity contribution in [3.63, 3.8) is 0 Å². The molecule has 0 aliphatic heterocycles. The lowest BCUT2D eigenvalue weighted by atomic mass is 9.96. The first-order valence-electron chi connectivity index (χ1n) is 5.65. The van der Waals surface area contributed by atoms with Crippen molar-refractivity contribution >= 4 is 5.91 Å². The molecule has 2 aromatic heterocycles. The average molecular weight is 248 g/mol. The monoisotopic (exact) mass is 248 g/mol. The number of amides is 1. The van der Waals surface area contributed by atoms with E-state index in [0.29, 0.717) is 12.4 Å². The molecule has 0 spiro atoms. The number of aromatic amines is 2. The first-order chi connectivity index (χ1) is 8.47. The second-order valence-electron chi connectivity index (χ2n) is 5.02. The van der Waals surface area contributed by atoms with Crippen LogP contribution >= 0.6 is 0 Å². The molecule has 2 aromatic rings. The summed E-state index contributed by atoms with van der Waals surface area (Å²) >= 11 is 0. The van der Waals surface area contributed by atoms with Crippen LogP contribution in [0.3, 0.4) is 0 Å². The van der Waals surface area contributed by atoms with Gasteiger partial charge < -0.3 is 10.3 Å². The molecule has 96 valence electrons. The van der Waals surface area contributed by atoms with E-state index in [9.17, 15) is 4.79 Å². The molecule has 0 fully saturated rings. The van der Waals surface area contributed by atoms with Crippen LogP contribution < -0.4 is 5.32 Å². The summed E-state index contributed by atoms with van der Waals surface area (Å²) in [6.45, 7) is 6.37. The van der Waals surface area contributed by atoms with Crippen LogP contribution in [-0.2, 0) is 12.0 Å². The van der Waals surface area contributed by atoms with Gasteiger partial charge in [0.05, 0.1) is 18.6 Å². The lowest BCUT2D eigenvalue weighted by molar-refractivity contribution is 0.0940. The Labute approximate surface area is 104 Å². The van der Waals surface area contributed by atoms with E-state index < -0.39 is 0 Å². The third-order valence-corrected chi connectivity index (χ3v) is 2.39. The summed E-state index contributed by atoms with van der Waals surface area (Å²) < 4.78 is 0. The van der Waals surface area contributed by atoms with E-state index in [1.54, 1.807) is 12.5 Å². The van der Waals surface area contributed by atoms with Crippen molar-refractivity contribution in [2.75, 3.05) is 0 Å². The van der Waals surface area contributed by atoms with Gasteiger partial charge in [0.15, 0.2) is 0 Å². The summed E-state index contributed by atoms with van der Waals surface area (Å²) in [7, 11) is 0. The Morgan fingerprint density at radius 2 is 2.22 bits per heavy atom. The molecule has 7 heteroatoms. The van der Waals surface area contributed by atoms with Crippen molar-refractivity contribution in [1.82, 2.24) is 30.5 Å². The molecule has 0 atom stereocenters. The second kappa shape index (κ2) is 4.59. The predicted octanol–water partition coefficient (Wildman–Crippen LogP) is 0.755. The molecule has 0 aliphatic rings. The Bertz CT molecular complexity index is 522. The van der Waals surface area contributed by atoms with Gasteiger partial charge in [0.2, 0.25) is 5.82 Å². The summed E-state index contributed by atoms with van der Waals surface area (Å²) in [5, 5.41) is 9.40. The summed E-state index contributed by atoms with van der Waals surface area (Å²) in [6.07, 6.45) is 3.21. The molecular formula is C11H16N6O. The Hall–Kier alpha value is -2.18. The minimum Gasteiger partial charge on any atom is -0.347 e. The van der Waals surface area contributed by atoms with Crippen LogP contribution in [0.25, 0.3) is 0 Å². The predicted molar refractivity (Wildman–Crippen MR) is 64.8 cm³/mol. The lowest BCUT2D eigenvalue weighted by Gasteiger charge is -2.12. The number of hydrogen-bond donors (Lipinski definition) is 3. The van der Waals surface area contributed by atoms with Crippen LogP contribution in [-0.4, -0.2) is 31.1 Å². The topological polar surface area (TPSA) is 99.3 Å². The van der Waals surface area contributed by atoms with Crippen LogP contribution in [0, 0.1) is 0 Å². The third kappa shape index (κ3) is 2.73. The van der Waals surface area contributed by atoms with Crippen LogP contribution in [0.2, 0.25) is 0 Å². The van der Waals surface area contributed by atoms with Gasteiger partial charge in [-0.15, -0.1) is 5.10 Å². The van der Waals surface area contributed by atoms with Crippen molar-refractivity contribution in [3.8, 4) is 0 Å². The van der Waals surface area contributed by atoms with E-state index in [2.05, 4.69) is 30.5 Å². The van der Waals surface area contributed by atoms with Gasteiger partial charge in [0.25, 0.3) is 5.91 Å². The number of nitrogens with one attached hydrogen (secondary N) is 3. The van der Waals surface area contributed by atoms with Crippen molar-refractivity contribution in [2.24, 2.45) is 0 Å². The minimum atomic E-state index is -0.309. The molecule has 0 saturated heterocycles. The quantitative estimate of drug-likeness (QED) is 0.746. The summed E-state index contributed by atoms with van der Waals surface area (Å²) in [6, 6.07) is 0. The standard InChI is InChI=1S/C11H16N6O/c1-11(2,3)10-15-8(16-17-10)9(18)13-5-7-4-12-6-14-7/h4,6H,5H2,1-3H3,(H,12,14)(H,13,18)(H,15,16,17). The smallest absolute Gasteiger partial charge is 0.291 e. The lowest BCUT2D eigenvalue weighted by Crippen LogP contribution is -2.24. The van der Waals surface area contributed by atoms with Gasteiger partial charge >= 0.3 is 0 Å². The molecule has 18 heavy (non-hydrogen) atoms. The Morgan fingerprint density at radius 3 is 2.78 bits per heavy atom. The first-order valence-corrected chi connectivity index (χ1v) is 5.65. The number of carbonyl (C=O) groups is 1. The van der Waals surface area contributed by atoms with Crippen molar-refractivity contribution < 1.29 is 4.79 Å². The molecule has 0 bridgehead atoms. The fourth-order valence-corrected chi connectivity index (χ4v) is 1.33. The first kappa shape index (κ1) is 12.3. The van der Waals surface area contributed by atoms with E-state index in [-0.39, 0.29) is 17.1 Å². The highest BCUT2D eigenvalue weighted by Crippen LogP contribution is 2.17. The number of hydrogen-bond acceptors (Lipinski definition) is 4. The Morgan fingerprint density at radius 1 is 1.44 bits per heavy atom. The second-order valence-corrected chi connectivity index (χ2v) is 5.02. The minimum absolute atomic E-state index is 0.152. The van der Waals surface area contributed by atoms with Gasteiger partial charge in [-0.05, 0) is 0 Å². The molecule has 7 nitrogen and oxygen atoms in total. The maximum atomic E-state index is 11.8. The zero-order valence-corrected chi connectivity index (χ0v) is 10.6. The molecule has 0 radical (unpaired) electrons. The molecule has 0 aromatic carbocycles. The van der Waals surface area contributed by atoms with Gasteiger partial charge in [-0.2, -0.15) is 0 Å². The fraction of sp³-hybridized carbons (Fsp3) is 0.455. The number of imidazole rings is 1. The largest absolute Gasteiger partial charge is 0.347 e. The maximum Gasteiger partial charge on any atom is 0.291 e. The molecule has 1 amide bonds. The van der Waals surface area contributed by atoms with Crippen LogP contribution in [0.1, 0.15) is 42.9 Å². The highest BCUT2D eigenvalue weighted by molar-refractivity contribution is 5.90. The van der Waals surface area contributed by atoms with Crippen molar-refractivity contribution in [1.29, 1.82) is 0 Å². The highest BCUT2D eigenvalue weighted by atomic mass is 16.2. The zero-order chi connectivity index (χ0) is 13.2. The Balaban J connectivity index is 1.99.